The first-order valence-corrected chi connectivity index (χ1v) is 11.1. The molecule has 0 aliphatic rings. The smallest absolute Gasteiger partial charge is 0.263 e. The number of nitrogens with one attached hydrogen (secondary N) is 2. The molecule has 0 aliphatic carbocycles. The van der Waals surface area contributed by atoms with Gasteiger partial charge in [0.05, 0.1) is 4.90 Å². The van der Waals surface area contributed by atoms with Crippen LogP contribution in [0.4, 0.5) is 10.8 Å². The summed E-state index contributed by atoms with van der Waals surface area (Å²) >= 11 is 7.13. The predicted molar refractivity (Wildman–Crippen MR) is 116 cm³/mol. The lowest BCUT2D eigenvalue weighted by molar-refractivity contribution is 0.586. The summed E-state index contributed by atoms with van der Waals surface area (Å²) in [5, 5.41) is 14.9. The first-order valence-electron chi connectivity index (χ1n) is 8.40. The number of thiazole rings is 1. The van der Waals surface area contributed by atoms with Gasteiger partial charge in [-0.15, -0.1) is 11.3 Å². The van der Waals surface area contributed by atoms with Gasteiger partial charge in [-0.3, -0.25) is 4.72 Å². The minimum atomic E-state index is -3.73. The third kappa shape index (κ3) is 4.28. The fraction of sp³-hybridized carbons (Fsp3) is 0. The molecule has 11 heteroatoms. The van der Waals surface area contributed by atoms with Gasteiger partial charge in [0.25, 0.3) is 10.0 Å². The van der Waals surface area contributed by atoms with E-state index in [2.05, 4.69) is 20.0 Å². The van der Waals surface area contributed by atoms with E-state index in [1.54, 1.807) is 35.7 Å². The highest BCUT2D eigenvalue weighted by Gasteiger charge is 2.15. The summed E-state index contributed by atoms with van der Waals surface area (Å²) in [7, 11) is -3.73. The molecule has 0 saturated carbocycles. The van der Waals surface area contributed by atoms with Gasteiger partial charge < -0.3 is 9.73 Å². The molecule has 2 aromatic carbocycles. The molecule has 4 rings (SSSR count). The highest BCUT2D eigenvalue weighted by Crippen LogP contribution is 2.24. The summed E-state index contributed by atoms with van der Waals surface area (Å²) in [6.07, 6.45) is 2.95. The molecule has 0 saturated heterocycles. The molecule has 2 heterocycles. The summed E-state index contributed by atoms with van der Waals surface area (Å²) in [6, 6.07) is 13.1. The van der Waals surface area contributed by atoms with Crippen LogP contribution in [0.15, 0.2) is 69.6 Å². The van der Waals surface area contributed by atoms with Gasteiger partial charge in [-0.2, -0.15) is 5.26 Å². The van der Waals surface area contributed by atoms with E-state index in [1.165, 1.54) is 35.9 Å². The summed E-state index contributed by atoms with van der Waals surface area (Å²) in [5.41, 5.74) is 1.80. The fourth-order valence-corrected chi connectivity index (χ4v) is 4.45. The molecule has 0 bridgehead atoms. The molecule has 0 aliphatic heterocycles. The van der Waals surface area contributed by atoms with Crippen LogP contribution >= 0.6 is 22.9 Å². The van der Waals surface area contributed by atoms with E-state index in [1.807, 2.05) is 6.07 Å². The Morgan fingerprint density at radius 3 is 2.73 bits per heavy atom. The van der Waals surface area contributed by atoms with Crippen LogP contribution in [0.2, 0.25) is 5.02 Å². The van der Waals surface area contributed by atoms with Crippen molar-refractivity contribution in [3.05, 3.63) is 71.2 Å². The van der Waals surface area contributed by atoms with Gasteiger partial charge >= 0.3 is 0 Å². The largest absolute Gasteiger partial charge is 0.435 e. The standard InChI is InChI=1S/C19H12ClN5O3S2/c20-13-1-6-17-16(9-13)24-18(28-17)12(10-21)11-23-14-2-4-15(5-3-14)30(26,27)25-19-22-7-8-29-19/h1-9,11,23H,(H,22,25)/b12-11+. The highest BCUT2D eigenvalue weighted by atomic mass is 35.5. The zero-order valence-electron chi connectivity index (χ0n) is 15.0. The lowest BCUT2D eigenvalue weighted by atomic mass is 10.3. The quantitative estimate of drug-likeness (QED) is 0.402. The van der Waals surface area contributed by atoms with Crippen LogP contribution in [-0.4, -0.2) is 18.4 Å². The topological polar surface area (TPSA) is 121 Å². The lowest BCUT2D eigenvalue weighted by Crippen LogP contribution is -2.12. The van der Waals surface area contributed by atoms with Gasteiger partial charge in [-0.05, 0) is 42.5 Å². The molecule has 8 nitrogen and oxygen atoms in total. The molecule has 0 amide bonds. The van der Waals surface area contributed by atoms with E-state index in [-0.39, 0.29) is 16.4 Å². The van der Waals surface area contributed by atoms with Crippen molar-refractivity contribution in [1.29, 1.82) is 5.26 Å². The third-order valence-corrected chi connectivity index (χ3v) is 6.31. The zero-order valence-corrected chi connectivity index (χ0v) is 17.4. The maximum Gasteiger partial charge on any atom is 0.263 e. The van der Waals surface area contributed by atoms with E-state index in [0.717, 1.165) is 0 Å². The molecule has 0 atom stereocenters. The second kappa shape index (κ2) is 8.16. The summed E-state index contributed by atoms with van der Waals surface area (Å²) in [5.74, 6) is 0.147. The maximum absolute atomic E-state index is 12.4. The van der Waals surface area contributed by atoms with Crippen LogP contribution in [0.1, 0.15) is 5.89 Å². The van der Waals surface area contributed by atoms with E-state index in [0.29, 0.717) is 26.9 Å². The number of hydrogen-bond donors (Lipinski definition) is 2. The number of aromatic nitrogens is 2. The number of anilines is 2. The monoisotopic (exact) mass is 457 g/mol. The predicted octanol–water partition coefficient (Wildman–Crippen LogP) is 4.72. The summed E-state index contributed by atoms with van der Waals surface area (Å²) in [6.45, 7) is 0. The number of nitrogens with zero attached hydrogens (tertiary/aromatic N) is 3. The van der Waals surface area contributed by atoms with Gasteiger partial charge in [-0.25, -0.2) is 18.4 Å². The average Bonchev–Trinajstić information content (AvgIpc) is 3.38. The first kappa shape index (κ1) is 19.9. The van der Waals surface area contributed by atoms with Crippen LogP contribution in [0, 0.1) is 11.3 Å². The number of hydrogen-bond acceptors (Lipinski definition) is 8. The molecular formula is C19H12ClN5O3S2. The Morgan fingerprint density at radius 1 is 1.23 bits per heavy atom. The Balaban J connectivity index is 1.51. The van der Waals surface area contributed by atoms with Crippen molar-refractivity contribution in [3.63, 3.8) is 0 Å². The Bertz CT molecular complexity index is 1370. The van der Waals surface area contributed by atoms with Gasteiger partial charge in [0.1, 0.15) is 17.2 Å². The molecule has 4 aromatic rings. The number of allylic oxidation sites excluding steroid dienone is 1. The Labute approximate surface area is 180 Å². The summed E-state index contributed by atoms with van der Waals surface area (Å²) < 4.78 is 32.7. The number of benzene rings is 2. The third-order valence-electron chi connectivity index (χ3n) is 3.90. The van der Waals surface area contributed by atoms with Crippen molar-refractivity contribution in [1.82, 2.24) is 9.97 Å². The molecule has 0 spiro atoms. The molecule has 0 radical (unpaired) electrons. The van der Waals surface area contributed by atoms with E-state index >= 15 is 0 Å². The van der Waals surface area contributed by atoms with E-state index in [4.69, 9.17) is 16.0 Å². The molecule has 2 aromatic heterocycles. The second-order valence-corrected chi connectivity index (χ2v) is 8.93. The highest BCUT2D eigenvalue weighted by molar-refractivity contribution is 7.93. The van der Waals surface area contributed by atoms with Gasteiger partial charge in [-0.1, -0.05) is 11.6 Å². The van der Waals surface area contributed by atoms with Crippen molar-refractivity contribution >= 4 is 60.5 Å². The molecule has 0 unspecified atom stereocenters. The normalized spacial score (nSPS) is 11.9. The van der Waals surface area contributed by atoms with Crippen LogP contribution in [0.25, 0.3) is 16.7 Å². The lowest BCUT2D eigenvalue weighted by Gasteiger charge is -2.06. The van der Waals surface area contributed by atoms with Crippen molar-refractivity contribution in [2.45, 2.75) is 4.90 Å². The number of rotatable bonds is 6. The average molecular weight is 458 g/mol. The maximum atomic E-state index is 12.4. The number of fused-ring (bicyclic) bond motifs is 1. The van der Waals surface area contributed by atoms with Crippen molar-refractivity contribution in [2.24, 2.45) is 0 Å². The van der Waals surface area contributed by atoms with Crippen molar-refractivity contribution < 1.29 is 12.8 Å². The van der Waals surface area contributed by atoms with Crippen LogP contribution < -0.4 is 10.0 Å². The van der Waals surface area contributed by atoms with Crippen LogP contribution in [-0.2, 0) is 10.0 Å². The SMILES string of the molecule is N#C/C(=C\Nc1ccc(S(=O)(=O)Nc2nccs2)cc1)c1nc2cc(Cl)ccc2o1. The molecule has 2 N–H and O–H groups in total. The van der Waals surface area contributed by atoms with Crippen molar-refractivity contribution in [3.8, 4) is 6.07 Å². The zero-order chi connectivity index (χ0) is 21.1. The first-order chi connectivity index (χ1) is 14.4. The minimum Gasteiger partial charge on any atom is -0.435 e. The molecule has 150 valence electrons. The van der Waals surface area contributed by atoms with Crippen LogP contribution in [0.5, 0.6) is 0 Å². The second-order valence-electron chi connectivity index (χ2n) is 5.91. The van der Waals surface area contributed by atoms with Gasteiger partial charge in [0.15, 0.2) is 10.7 Å². The molecular weight excluding hydrogens is 446 g/mol. The van der Waals surface area contributed by atoms with Crippen molar-refractivity contribution in [2.75, 3.05) is 10.0 Å². The minimum absolute atomic E-state index is 0.0866. The van der Waals surface area contributed by atoms with E-state index in [9.17, 15) is 13.7 Å². The molecule has 0 fully saturated rings. The Morgan fingerprint density at radius 2 is 2.03 bits per heavy atom. The molecule has 30 heavy (non-hydrogen) atoms. The fourth-order valence-electron chi connectivity index (χ4n) is 2.49. The van der Waals surface area contributed by atoms with E-state index < -0.39 is 10.0 Å². The number of nitriles is 1. The van der Waals surface area contributed by atoms with Crippen LogP contribution in [0.3, 0.4) is 0 Å². The van der Waals surface area contributed by atoms with Gasteiger partial charge in [0, 0.05) is 28.5 Å². The van der Waals surface area contributed by atoms with Gasteiger partial charge in [0.2, 0.25) is 5.89 Å². The number of sulfonamides is 1. The number of halogens is 1. The Hall–Kier alpha value is -3.39. The summed E-state index contributed by atoms with van der Waals surface area (Å²) in [4.78, 5) is 8.26. The number of oxazole rings is 1. The Kier molecular flexibility index (Phi) is 5.41.